The SMILES string of the molecule is COc1cc(CCc2nc3ncc(-c4ccco4)cc3[nH]2)cc(OC)c1OC. The summed E-state index contributed by atoms with van der Waals surface area (Å²) < 4.78 is 21.6. The number of fused-ring (bicyclic) bond motifs is 1. The molecule has 3 heterocycles. The molecule has 7 heteroatoms. The van der Waals surface area contributed by atoms with Crippen molar-refractivity contribution in [1.29, 1.82) is 0 Å². The summed E-state index contributed by atoms with van der Waals surface area (Å²) in [6.07, 6.45) is 4.91. The molecule has 3 aromatic heterocycles. The van der Waals surface area contributed by atoms with Crippen LogP contribution in [0.2, 0.25) is 0 Å². The van der Waals surface area contributed by atoms with Gasteiger partial charge >= 0.3 is 0 Å². The van der Waals surface area contributed by atoms with Crippen LogP contribution in [0.1, 0.15) is 11.4 Å². The summed E-state index contributed by atoms with van der Waals surface area (Å²) in [4.78, 5) is 12.4. The second kappa shape index (κ2) is 7.64. The van der Waals surface area contributed by atoms with Gasteiger partial charge in [0, 0.05) is 18.2 Å². The van der Waals surface area contributed by atoms with E-state index in [4.69, 9.17) is 18.6 Å². The van der Waals surface area contributed by atoms with Crippen molar-refractivity contribution < 1.29 is 18.6 Å². The molecule has 0 aliphatic carbocycles. The number of furan rings is 1. The van der Waals surface area contributed by atoms with E-state index in [1.165, 1.54) is 0 Å². The Labute approximate surface area is 162 Å². The minimum Gasteiger partial charge on any atom is -0.493 e. The van der Waals surface area contributed by atoms with Gasteiger partial charge in [0.05, 0.1) is 33.1 Å². The number of benzene rings is 1. The van der Waals surface area contributed by atoms with E-state index in [2.05, 4.69) is 15.0 Å². The van der Waals surface area contributed by atoms with Crippen molar-refractivity contribution in [1.82, 2.24) is 15.0 Å². The van der Waals surface area contributed by atoms with E-state index < -0.39 is 0 Å². The van der Waals surface area contributed by atoms with E-state index in [1.807, 2.05) is 30.3 Å². The van der Waals surface area contributed by atoms with Gasteiger partial charge in [0.1, 0.15) is 11.6 Å². The molecule has 144 valence electrons. The van der Waals surface area contributed by atoms with Gasteiger partial charge in [-0.25, -0.2) is 9.97 Å². The Morgan fingerprint density at radius 2 is 1.79 bits per heavy atom. The number of pyridine rings is 1. The highest BCUT2D eigenvalue weighted by Crippen LogP contribution is 2.38. The quantitative estimate of drug-likeness (QED) is 0.522. The molecule has 1 aromatic carbocycles. The van der Waals surface area contributed by atoms with Crippen LogP contribution >= 0.6 is 0 Å². The van der Waals surface area contributed by atoms with E-state index in [0.29, 0.717) is 22.9 Å². The van der Waals surface area contributed by atoms with Crippen LogP contribution in [0, 0.1) is 0 Å². The standard InChI is InChI=1S/C21H21N3O4/c1-25-17-9-13(10-18(26-2)20(17)27-3)6-7-19-23-15-11-14(12-22-21(15)24-19)16-5-4-8-28-16/h4-5,8-12H,6-7H2,1-3H3,(H,22,23,24). The first-order valence-electron chi connectivity index (χ1n) is 8.89. The molecule has 4 aromatic rings. The van der Waals surface area contributed by atoms with Crippen molar-refractivity contribution in [3.05, 3.63) is 54.2 Å². The minimum absolute atomic E-state index is 0.590. The number of ether oxygens (including phenoxy) is 3. The maximum Gasteiger partial charge on any atom is 0.203 e. The normalized spacial score (nSPS) is 11.0. The van der Waals surface area contributed by atoms with Crippen molar-refractivity contribution in [3.8, 4) is 28.6 Å². The summed E-state index contributed by atoms with van der Waals surface area (Å²) in [7, 11) is 4.82. The predicted molar refractivity (Wildman–Crippen MR) is 105 cm³/mol. The van der Waals surface area contributed by atoms with Crippen LogP contribution in [-0.4, -0.2) is 36.3 Å². The molecule has 7 nitrogen and oxygen atoms in total. The van der Waals surface area contributed by atoms with Crippen molar-refractivity contribution in [3.63, 3.8) is 0 Å². The number of rotatable bonds is 7. The predicted octanol–water partition coefficient (Wildman–Crippen LogP) is 4.03. The molecule has 0 aliphatic rings. The highest BCUT2D eigenvalue weighted by molar-refractivity contribution is 5.76. The van der Waals surface area contributed by atoms with Gasteiger partial charge in [-0.05, 0) is 42.3 Å². The Bertz CT molecular complexity index is 1060. The Morgan fingerprint density at radius 3 is 2.43 bits per heavy atom. The zero-order valence-electron chi connectivity index (χ0n) is 16.0. The summed E-state index contributed by atoms with van der Waals surface area (Å²) in [5.41, 5.74) is 3.56. The van der Waals surface area contributed by atoms with Crippen LogP contribution in [0.3, 0.4) is 0 Å². The first kappa shape index (κ1) is 17.9. The van der Waals surface area contributed by atoms with Gasteiger partial charge in [-0.15, -0.1) is 0 Å². The number of methoxy groups -OCH3 is 3. The minimum atomic E-state index is 0.590. The third-order valence-electron chi connectivity index (χ3n) is 4.57. The second-order valence-electron chi connectivity index (χ2n) is 6.29. The number of hydrogen-bond donors (Lipinski definition) is 1. The average Bonchev–Trinajstić information content (AvgIpc) is 3.40. The number of aromatic nitrogens is 3. The van der Waals surface area contributed by atoms with E-state index in [-0.39, 0.29) is 0 Å². The Kier molecular flexibility index (Phi) is 4.89. The lowest BCUT2D eigenvalue weighted by Gasteiger charge is -2.13. The summed E-state index contributed by atoms with van der Waals surface area (Å²) in [5.74, 6) is 3.53. The molecule has 0 fully saturated rings. The summed E-state index contributed by atoms with van der Waals surface area (Å²) in [6.45, 7) is 0. The fourth-order valence-electron chi connectivity index (χ4n) is 3.19. The Hall–Kier alpha value is -3.48. The Balaban J connectivity index is 1.55. The van der Waals surface area contributed by atoms with Crippen molar-refractivity contribution in [2.75, 3.05) is 21.3 Å². The zero-order valence-corrected chi connectivity index (χ0v) is 16.0. The van der Waals surface area contributed by atoms with Gasteiger partial charge in [0.2, 0.25) is 5.75 Å². The average molecular weight is 379 g/mol. The topological polar surface area (TPSA) is 82.4 Å². The molecular weight excluding hydrogens is 358 g/mol. The number of imidazole rings is 1. The first-order valence-corrected chi connectivity index (χ1v) is 8.89. The number of H-pyrrole nitrogens is 1. The van der Waals surface area contributed by atoms with Gasteiger partial charge in [-0.3, -0.25) is 0 Å². The Morgan fingerprint density at radius 1 is 1.00 bits per heavy atom. The van der Waals surface area contributed by atoms with Crippen LogP contribution in [0.5, 0.6) is 17.2 Å². The van der Waals surface area contributed by atoms with Crippen molar-refractivity contribution in [2.24, 2.45) is 0 Å². The van der Waals surface area contributed by atoms with E-state index in [0.717, 1.165) is 41.1 Å². The van der Waals surface area contributed by atoms with E-state index >= 15 is 0 Å². The molecular formula is C21H21N3O4. The second-order valence-corrected chi connectivity index (χ2v) is 6.29. The molecule has 0 radical (unpaired) electrons. The largest absolute Gasteiger partial charge is 0.493 e. The van der Waals surface area contributed by atoms with Crippen LogP contribution in [-0.2, 0) is 12.8 Å². The van der Waals surface area contributed by atoms with Crippen LogP contribution < -0.4 is 14.2 Å². The fraction of sp³-hybridized carbons (Fsp3) is 0.238. The molecule has 0 atom stereocenters. The number of nitrogens with one attached hydrogen (secondary N) is 1. The molecule has 1 N–H and O–H groups in total. The van der Waals surface area contributed by atoms with Gasteiger partial charge in [0.25, 0.3) is 0 Å². The van der Waals surface area contributed by atoms with Crippen molar-refractivity contribution >= 4 is 11.2 Å². The molecule has 28 heavy (non-hydrogen) atoms. The summed E-state index contributed by atoms with van der Waals surface area (Å²) in [5, 5.41) is 0. The highest BCUT2D eigenvalue weighted by Gasteiger charge is 2.14. The number of aromatic amines is 1. The molecule has 0 bridgehead atoms. The van der Waals surface area contributed by atoms with E-state index in [1.54, 1.807) is 33.8 Å². The molecule has 4 rings (SSSR count). The maximum atomic E-state index is 5.43. The highest BCUT2D eigenvalue weighted by atomic mass is 16.5. The fourth-order valence-corrected chi connectivity index (χ4v) is 3.19. The molecule has 0 amide bonds. The number of aryl methyl sites for hydroxylation is 2. The first-order chi connectivity index (χ1) is 13.7. The summed E-state index contributed by atoms with van der Waals surface area (Å²) in [6, 6.07) is 9.67. The number of nitrogens with zero attached hydrogens (tertiary/aromatic N) is 2. The molecule has 0 aliphatic heterocycles. The monoisotopic (exact) mass is 379 g/mol. The van der Waals surface area contributed by atoms with Crippen LogP contribution in [0.15, 0.2) is 47.2 Å². The third kappa shape index (κ3) is 3.38. The molecule has 0 saturated carbocycles. The molecule has 0 spiro atoms. The van der Waals surface area contributed by atoms with Gasteiger partial charge in [0.15, 0.2) is 17.1 Å². The molecule has 0 unspecified atom stereocenters. The van der Waals surface area contributed by atoms with Crippen LogP contribution in [0.4, 0.5) is 0 Å². The van der Waals surface area contributed by atoms with E-state index in [9.17, 15) is 0 Å². The summed E-state index contributed by atoms with van der Waals surface area (Å²) >= 11 is 0. The zero-order chi connectivity index (χ0) is 19.5. The van der Waals surface area contributed by atoms with Gasteiger partial charge in [-0.2, -0.15) is 0 Å². The van der Waals surface area contributed by atoms with Gasteiger partial charge < -0.3 is 23.6 Å². The lowest BCUT2D eigenvalue weighted by molar-refractivity contribution is 0.324. The third-order valence-corrected chi connectivity index (χ3v) is 4.57. The lowest BCUT2D eigenvalue weighted by Crippen LogP contribution is -1.99. The van der Waals surface area contributed by atoms with Crippen LogP contribution in [0.25, 0.3) is 22.5 Å². The van der Waals surface area contributed by atoms with Gasteiger partial charge in [-0.1, -0.05) is 0 Å². The lowest BCUT2D eigenvalue weighted by atomic mass is 10.1. The maximum absolute atomic E-state index is 5.43. The molecule has 0 saturated heterocycles. The van der Waals surface area contributed by atoms with Crippen molar-refractivity contribution in [2.45, 2.75) is 12.8 Å². The smallest absolute Gasteiger partial charge is 0.203 e. The number of hydrogen-bond acceptors (Lipinski definition) is 6.